The quantitative estimate of drug-likeness (QED) is 0.217. The number of anilines is 1. The van der Waals surface area contributed by atoms with Gasteiger partial charge in [0, 0.05) is 23.9 Å². The minimum absolute atomic E-state index is 0.0919. The van der Waals surface area contributed by atoms with Crippen LogP contribution in [0.15, 0.2) is 120 Å². The van der Waals surface area contributed by atoms with Crippen LogP contribution in [0.25, 0.3) is 11.4 Å². The molecule has 7 nitrogen and oxygen atoms in total. The number of thioether (sulfide) groups is 1. The van der Waals surface area contributed by atoms with Crippen LogP contribution in [0.3, 0.4) is 0 Å². The molecular weight excluding hydrogens is 518 g/mol. The highest BCUT2D eigenvalue weighted by molar-refractivity contribution is 8.00. The Labute approximate surface area is 237 Å². The summed E-state index contributed by atoms with van der Waals surface area (Å²) in [5.41, 5.74) is 4.17. The molecule has 1 atom stereocenters. The Kier molecular flexibility index (Phi) is 8.37. The maximum atomic E-state index is 13.3. The van der Waals surface area contributed by atoms with E-state index in [2.05, 4.69) is 20.8 Å². The van der Waals surface area contributed by atoms with E-state index in [-0.39, 0.29) is 17.9 Å². The van der Waals surface area contributed by atoms with Crippen LogP contribution in [0.4, 0.5) is 5.69 Å². The fourth-order valence-corrected chi connectivity index (χ4v) is 5.11. The zero-order valence-electron chi connectivity index (χ0n) is 22.2. The highest BCUT2D eigenvalue weighted by atomic mass is 32.2. The first kappa shape index (κ1) is 26.9. The van der Waals surface area contributed by atoms with Gasteiger partial charge in [-0.3, -0.25) is 9.59 Å². The summed E-state index contributed by atoms with van der Waals surface area (Å²) in [7, 11) is 1.88. The predicted octanol–water partition coefficient (Wildman–Crippen LogP) is 6.12. The lowest BCUT2D eigenvalue weighted by Gasteiger charge is -2.22. The fraction of sp³-hybridized carbons (Fsp3) is 0.125. The SMILES string of the molecule is CC(Sc1nnc(-c2ccc(NC(=O)c3ccccc3)cc2)n1C)C(=O)NC(c1ccccc1)c1ccccc1. The van der Waals surface area contributed by atoms with E-state index < -0.39 is 5.25 Å². The molecule has 0 radical (unpaired) electrons. The van der Waals surface area contributed by atoms with Crippen LogP contribution in [0.5, 0.6) is 0 Å². The second kappa shape index (κ2) is 12.4. The lowest BCUT2D eigenvalue weighted by molar-refractivity contribution is -0.120. The monoisotopic (exact) mass is 547 g/mol. The number of hydrogen-bond donors (Lipinski definition) is 2. The normalized spacial score (nSPS) is 11.7. The third-order valence-electron chi connectivity index (χ3n) is 6.48. The third kappa shape index (κ3) is 6.30. The smallest absolute Gasteiger partial charge is 0.255 e. The minimum Gasteiger partial charge on any atom is -0.344 e. The standard InChI is InChI=1S/C32H29N5O2S/c1-22(30(38)34-28(23-12-6-3-7-13-23)24-14-8-4-9-15-24)40-32-36-35-29(37(32)2)25-18-20-27(21-19-25)33-31(39)26-16-10-5-11-17-26/h3-22,28H,1-2H3,(H,33,39)(H,34,38). The summed E-state index contributed by atoms with van der Waals surface area (Å²) in [5.74, 6) is 0.410. The van der Waals surface area contributed by atoms with Crippen LogP contribution >= 0.6 is 11.8 Å². The Morgan fingerprint density at radius 1 is 0.750 bits per heavy atom. The van der Waals surface area contributed by atoms with Crippen molar-refractivity contribution in [2.75, 3.05) is 5.32 Å². The first-order valence-electron chi connectivity index (χ1n) is 12.9. The fourth-order valence-electron chi connectivity index (χ4n) is 4.29. The first-order valence-corrected chi connectivity index (χ1v) is 13.8. The molecule has 0 saturated heterocycles. The van der Waals surface area contributed by atoms with Gasteiger partial charge in [-0.05, 0) is 54.4 Å². The van der Waals surface area contributed by atoms with Crippen molar-refractivity contribution >= 4 is 29.3 Å². The molecule has 5 rings (SSSR count). The van der Waals surface area contributed by atoms with Gasteiger partial charge < -0.3 is 15.2 Å². The maximum absolute atomic E-state index is 13.3. The lowest BCUT2D eigenvalue weighted by Crippen LogP contribution is -2.35. The van der Waals surface area contributed by atoms with E-state index in [9.17, 15) is 9.59 Å². The molecule has 40 heavy (non-hydrogen) atoms. The lowest BCUT2D eigenvalue weighted by atomic mass is 9.98. The number of amides is 2. The molecular formula is C32H29N5O2S. The topological polar surface area (TPSA) is 88.9 Å². The van der Waals surface area contributed by atoms with Crippen LogP contribution in [0, 0.1) is 0 Å². The summed E-state index contributed by atoms with van der Waals surface area (Å²) in [4.78, 5) is 25.7. The van der Waals surface area contributed by atoms with Crippen molar-refractivity contribution in [3.63, 3.8) is 0 Å². The second-order valence-corrected chi connectivity index (χ2v) is 10.6. The number of hydrogen-bond acceptors (Lipinski definition) is 5. The van der Waals surface area contributed by atoms with Gasteiger partial charge in [0.1, 0.15) is 0 Å². The van der Waals surface area contributed by atoms with Crippen LogP contribution in [0.1, 0.15) is 34.5 Å². The molecule has 0 spiro atoms. The van der Waals surface area contributed by atoms with Gasteiger partial charge in [-0.2, -0.15) is 0 Å². The second-order valence-electron chi connectivity index (χ2n) is 9.29. The zero-order valence-corrected chi connectivity index (χ0v) is 23.0. The molecule has 2 amide bonds. The van der Waals surface area contributed by atoms with Gasteiger partial charge in [-0.15, -0.1) is 10.2 Å². The van der Waals surface area contributed by atoms with Crippen LogP contribution in [-0.2, 0) is 11.8 Å². The van der Waals surface area contributed by atoms with Crippen molar-refractivity contribution in [3.05, 3.63) is 132 Å². The molecule has 0 bridgehead atoms. The van der Waals surface area contributed by atoms with Gasteiger partial charge >= 0.3 is 0 Å². The van der Waals surface area contributed by atoms with E-state index in [4.69, 9.17) is 0 Å². The van der Waals surface area contributed by atoms with E-state index in [1.807, 2.05) is 122 Å². The van der Waals surface area contributed by atoms with Crippen LogP contribution in [0.2, 0.25) is 0 Å². The van der Waals surface area contributed by atoms with Crippen LogP contribution < -0.4 is 10.6 Å². The molecule has 1 unspecified atom stereocenters. The van der Waals surface area contributed by atoms with Crippen molar-refractivity contribution in [2.45, 2.75) is 23.4 Å². The van der Waals surface area contributed by atoms with E-state index >= 15 is 0 Å². The number of carbonyl (C=O) groups is 2. The van der Waals surface area contributed by atoms with Gasteiger partial charge in [-0.1, -0.05) is 90.6 Å². The van der Waals surface area contributed by atoms with Crippen molar-refractivity contribution in [3.8, 4) is 11.4 Å². The van der Waals surface area contributed by atoms with Crippen molar-refractivity contribution in [1.29, 1.82) is 0 Å². The van der Waals surface area contributed by atoms with Crippen LogP contribution in [-0.4, -0.2) is 31.8 Å². The molecule has 2 N–H and O–H groups in total. The van der Waals surface area contributed by atoms with E-state index in [0.717, 1.165) is 16.7 Å². The summed E-state index contributed by atoms with van der Waals surface area (Å²) < 4.78 is 1.87. The number of nitrogens with one attached hydrogen (secondary N) is 2. The summed E-state index contributed by atoms with van der Waals surface area (Å²) >= 11 is 1.36. The molecule has 8 heteroatoms. The zero-order chi connectivity index (χ0) is 27.9. The molecule has 4 aromatic carbocycles. The summed E-state index contributed by atoms with van der Waals surface area (Å²) in [5, 5.41) is 15.1. The summed E-state index contributed by atoms with van der Waals surface area (Å²) in [6.45, 7) is 1.87. The number of nitrogens with zero attached hydrogens (tertiary/aromatic N) is 3. The molecule has 200 valence electrons. The van der Waals surface area contributed by atoms with Gasteiger partial charge in [-0.25, -0.2) is 0 Å². The van der Waals surface area contributed by atoms with Crippen molar-refractivity contribution < 1.29 is 9.59 Å². The molecule has 0 fully saturated rings. The molecule has 0 aliphatic rings. The Morgan fingerprint density at radius 3 is 1.88 bits per heavy atom. The highest BCUT2D eigenvalue weighted by Gasteiger charge is 2.23. The molecule has 0 saturated carbocycles. The summed E-state index contributed by atoms with van der Waals surface area (Å²) in [6.07, 6.45) is 0. The molecule has 1 heterocycles. The van der Waals surface area contributed by atoms with Gasteiger partial charge in [0.15, 0.2) is 11.0 Å². The molecule has 1 aromatic heterocycles. The van der Waals surface area contributed by atoms with E-state index in [1.165, 1.54) is 11.8 Å². The first-order chi connectivity index (χ1) is 19.5. The van der Waals surface area contributed by atoms with E-state index in [1.54, 1.807) is 12.1 Å². The Morgan fingerprint density at radius 2 is 1.30 bits per heavy atom. The summed E-state index contributed by atoms with van der Waals surface area (Å²) in [6, 6.07) is 36.2. The Bertz CT molecular complexity index is 1530. The third-order valence-corrected chi connectivity index (χ3v) is 7.61. The minimum atomic E-state index is -0.402. The number of carbonyl (C=O) groups excluding carboxylic acids is 2. The average Bonchev–Trinajstić information content (AvgIpc) is 3.36. The Hall–Kier alpha value is -4.69. The van der Waals surface area contributed by atoms with Crippen molar-refractivity contribution in [1.82, 2.24) is 20.1 Å². The van der Waals surface area contributed by atoms with Gasteiger partial charge in [0.05, 0.1) is 11.3 Å². The largest absolute Gasteiger partial charge is 0.344 e. The average molecular weight is 548 g/mol. The number of aromatic nitrogens is 3. The molecule has 0 aliphatic heterocycles. The van der Waals surface area contributed by atoms with Gasteiger partial charge in [0.25, 0.3) is 5.91 Å². The van der Waals surface area contributed by atoms with E-state index in [0.29, 0.717) is 22.2 Å². The number of benzene rings is 4. The highest BCUT2D eigenvalue weighted by Crippen LogP contribution is 2.28. The number of rotatable bonds is 9. The van der Waals surface area contributed by atoms with Crippen molar-refractivity contribution in [2.24, 2.45) is 7.05 Å². The Balaban J connectivity index is 1.25. The molecule has 0 aliphatic carbocycles. The maximum Gasteiger partial charge on any atom is 0.255 e. The molecule has 5 aromatic rings. The van der Waals surface area contributed by atoms with Gasteiger partial charge in [0.2, 0.25) is 5.91 Å². The predicted molar refractivity (Wildman–Crippen MR) is 159 cm³/mol.